The van der Waals surface area contributed by atoms with Gasteiger partial charge in [0.2, 0.25) is 17.2 Å². The average Bonchev–Trinajstić information content (AvgIpc) is 3.15. The topological polar surface area (TPSA) is 78.2 Å². The maximum atomic E-state index is 6.00. The predicted octanol–water partition coefficient (Wildman–Crippen LogP) is 0.561. The fourth-order valence-electron chi connectivity index (χ4n) is 2.32. The third-order valence-corrected chi connectivity index (χ3v) is 3.59. The Balaban J connectivity index is 1.89. The molecule has 2 unspecified atom stereocenters. The van der Waals surface area contributed by atoms with E-state index in [1.165, 1.54) is 0 Å². The molecule has 1 aliphatic heterocycles. The van der Waals surface area contributed by atoms with Crippen LogP contribution in [-0.4, -0.2) is 64.0 Å². The van der Waals surface area contributed by atoms with Gasteiger partial charge in [-0.15, -0.1) is 0 Å². The lowest BCUT2D eigenvalue weighted by atomic mass is 10.3. The molecule has 1 saturated heterocycles. The third-order valence-electron chi connectivity index (χ3n) is 3.42. The Hall–Kier alpha value is -1.77. The molecule has 0 N–H and O–H groups in total. The Morgan fingerprint density at radius 3 is 2.33 bits per heavy atom. The van der Waals surface area contributed by atoms with Gasteiger partial charge in [0.15, 0.2) is 0 Å². The first kappa shape index (κ1) is 14.2. The summed E-state index contributed by atoms with van der Waals surface area (Å²) in [5, 5.41) is 0.138. The second kappa shape index (κ2) is 5.92. The van der Waals surface area contributed by atoms with Gasteiger partial charge >= 0.3 is 0 Å². The summed E-state index contributed by atoms with van der Waals surface area (Å²) in [6.45, 7) is 1.28. The highest BCUT2D eigenvalue weighted by atomic mass is 35.5. The van der Waals surface area contributed by atoms with Gasteiger partial charge in [0, 0.05) is 39.7 Å². The van der Waals surface area contributed by atoms with Gasteiger partial charge < -0.3 is 14.4 Å². The lowest BCUT2D eigenvalue weighted by Gasteiger charge is -2.16. The molecule has 8 nitrogen and oxygen atoms in total. The molecule has 0 bridgehead atoms. The maximum Gasteiger partial charge on any atom is 0.241 e. The number of rotatable bonds is 4. The van der Waals surface area contributed by atoms with E-state index in [0.29, 0.717) is 25.0 Å². The van der Waals surface area contributed by atoms with Crippen molar-refractivity contribution in [1.82, 2.24) is 24.5 Å². The Morgan fingerprint density at radius 1 is 1.10 bits per heavy atom. The van der Waals surface area contributed by atoms with Crippen molar-refractivity contribution >= 4 is 17.5 Å². The number of imidazole rings is 1. The molecular formula is C12H15ClN6O2. The van der Waals surface area contributed by atoms with Crippen molar-refractivity contribution in [3.8, 4) is 5.95 Å². The molecule has 21 heavy (non-hydrogen) atoms. The monoisotopic (exact) mass is 310 g/mol. The lowest BCUT2D eigenvalue weighted by molar-refractivity contribution is -0.00461. The van der Waals surface area contributed by atoms with Gasteiger partial charge in [-0.3, -0.25) is 4.57 Å². The van der Waals surface area contributed by atoms with Crippen molar-refractivity contribution in [2.75, 3.05) is 32.2 Å². The fourth-order valence-corrected chi connectivity index (χ4v) is 2.48. The molecule has 0 spiro atoms. The summed E-state index contributed by atoms with van der Waals surface area (Å²) >= 11 is 6.00. The highest BCUT2D eigenvalue weighted by Gasteiger charge is 2.34. The van der Waals surface area contributed by atoms with E-state index in [1.54, 1.807) is 37.5 Å². The minimum Gasteiger partial charge on any atom is -0.377 e. The zero-order valence-electron chi connectivity index (χ0n) is 11.7. The van der Waals surface area contributed by atoms with Gasteiger partial charge in [0.25, 0.3) is 0 Å². The summed E-state index contributed by atoms with van der Waals surface area (Å²) in [6.07, 6.45) is 4.95. The summed E-state index contributed by atoms with van der Waals surface area (Å²) in [5.74, 6) is 0.928. The van der Waals surface area contributed by atoms with Gasteiger partial charge in [-0.1, -0.05) is 0 Å². The highest BCUT2D eigenvalue weighted by molar-refractivity contribution is 6.28. The summed E-state index contributed by atoms with van der Waals surface area (Å²) in [6, 6.07) is 0. The molecule has 2 aromatic rings. The number of anilines is 1. The first-order valence-corrected chi connectivity index (χ1v) is 6.79. The normalized spacial score (nSPS) is 22.0. The molecule has 1 fully saturated rings. The lowest BCUT2D eigenvalue weighted by Crippen LogP contribution is -2.27. The van der Waals surface area contributed by atoms with Crippen LogP contribution in [0.25, 0.3) is 5.95 Å². The smallest absolute Gasteiger partial charge is 0.241 e. The standard InChI is InChI=1S/C12H15ClN6O2/c1-20-8-5-19(6-9(8)21-2)12-16-10(13)15-11(17-12)18-4-3-14-7-18/h3-4,7-9H,5-6H2,1-2H3. The Kier molecular flexibility index (Phi) is 4.00. The number of nitrogens with zero attached hydrogens (tertiary/aromatic N) is 6. The highest BCUT2D eigenvalue weighted by Crippen LogP contribution is 2.21. The number of hydrogen-bond acceptors (Lipinski definition) is 7. The SMILES string of the molecule is COC1CN(c2nc(Cl)nc(-n3ccnc3)n2)CC1OC. The van der Waals surface area contributed by atoms with Crippen molar-refractivity contribution in [3.63, 3.8) is 0 Å². The van der Waals surface area contributed by atoms with E-state index in [9.17, 15) is 0 Å². The first-order valence-electron chi connectivity index (χ1n) is 6.41. The van der Waals surface area contributed by atoms with Crippen LogP contribution in [0.5, 0.6) is 0 Å². The van der Waals surface area contributed by atoms with Crippen molar-refractivity contribution in [2.24, 2.45) is 0 Å². The molecule has 9 heteroatoms. The van der Waals surface area contributed by atoms with Crippen LogP contribution in [0.3, 0.4) is 0 Å². The summed E-state index contributed by atoms with van der Waals surface area (Å²) in [7, 11) is 3.33. The van der Waals surface area contributed by atoms with Crippen molar-refractivity contribution in [1.29, 1.82) is 0 Å². The maximum absolute atomic E-state index is 6.00. The van der Waals surface area contributed by atoms with E-state index in [0.717, 1.165) is 0 Å². The first-order chi connectivity index (χ1) is 10.2. The van der Waals surface area contributed by atoms with Crippen LogP contribution < -0.4 is 4.90 Å². The molecule has 2 atom stereocenters. The van der Waals surface area contributed by atoms with E-state index in [1.807, 2.05) is 4.90 Å². The number of ether oxygens (including phenoxy) is 2. The fraction of sp³-hybridized carbons (Fsp3) is 0.500. The summed E-state index contributed by atoms with van der Waals surface area (Å²) in [4.78, 5) is 18.7. The molecule has 3 heterocycles. The summed E-state index contributed by atoms with van der Waals surface area (Å²) in [5.41, 5.74) is 0. The number of methoxy groups -OCH3 is 2. The average molecular weight is 311 g/mol. The van der Waals surface area contributed by atoms with Crippen molar-refractivity contribution in [2.45, 2.75) is 12.2 Å². The predicted molar refractivity (Wildman–Crippen MR) is 75.8 cm³/mol. The number of hydrogen-bond donors (Lipinski definition) is 0. The largest absolute Gasteiger partial charge is 0.377 e. The quantitative estimate of drug-likeness (QED) is 0.816. The van der Waals surface area contributed by atoms with E-state index in [4.69, 9.17) is 21.1 Å². The molecule has 0 aromatic carbocycles. The van der Waals surface area contributed by atoms with Crippen LogP contribution in [0.2, 0.25) is 5.28 Å². The molecular weight excluding hydrogens is 296 g/mol. The molecule has 0 amide bonds. The van der Waals surface area contributed by atoms with Crippen LogP contribution in [-0.2, 0) is 9.47 Å². The van der Waals surface area contributed by atoms with E-state index < -0.39 is 0 Å². The molecule has 2 aromatic heterocycles. The Bertz CT molecular complexity index is 596. The molecule has 0 radical (unpaired) electrons. The molecule has 0 saturated carbocycles. The number of aromatic nitrogens is 5. The molecule has 0 aliphatic carbocycles. The Morgan fingerprint density at radius 2 is 1.76 bits per heavy atom. The minimum absolute atomic E-state index is 0.0257. The van der Waals surface area contributed by atoms with Crippen molar-refractivity contribution in [3.05, 3.63) is 24.0 Å². The number of halogens is 1. The zero-order chi connectivity index (χ0) is 14.8. The van der Waals surface area contributed by atoms with E-state index in [-0.39, 0.29) is 17.5 Å². The van der Waals surface area contributed by atoms with Crippen LogP contribution in [0, 0.1) is 0 Å². The van der Waals surface area contributed by atoms with Gasteiger partial charge in [0.05, 0.1) is 0 Å². The van der Waals surface area contributed by atoms with Gasteiger partial charge in [-0.05, 0) is 11.6 Å². The van der Waals surface area contributed by atoms with Gasteiger partial charge in [0.1, 0.15) is 18.5 Å². The van der Waals surface area contributed by atoms with Gasteiger partial charge in [-0.25, -0.2) is 4.98 Å². The van der Waals surface area contributed by atoms with Gasteiger partial charge in [-0.2, -0.15) is 15.0 Å². The second-order valence-electron chi connectivity index (χ2n) is 4.63. The van der Waals surface area contributed by atoms with E-state index >= 15 is 0 Å². The third kappa shape index (κ3) is 2.82. The Labute approximate surface area is 126 Å². The molecule has 112 valence electrons. The van der Waals surface area contributed by atoms with Crippen molar-refractivity contribution < 1.29 is 9.47 Å². The van der Waals surface area contributed by atoms with Crippen LogP contribution in [0.4, 0.5) is 5.95 Å². The van der Waals surface area contributed by atoms with Crippen LogP contribution >= 0.6 is 11.6 Å². The van der Waals surface area contributed by atoms with E-state index in [2.05, 4.69) is 19.9 Å². The minimum atomic E-state index is -0.0257. The molecule has 3 rings (SSSR count). The summed E-state index contributed by atoms with van der Waals surface area (Å²) < 4.78 is 12.5. The van der Waals surface area contributed by atoms with Crippen LogP contribution in [0.15, 0.2) is 18.7 Å². The zero-order valence-corrected chi connectivity index (χ0v) is 12.4. The van der Waals surface area contributed by atoms with Crippen LogP contribution in [0.1, 0.15) is 0 Å². The second-order valence-corrected chi connectivity index (χ2v) is 4.97. The molecule has 1 aliphatic rings.